The largest absolute Gasteiger partial charge is 0.316 e. The number of hydrogen-bond donors (Lipinski definition) is 1. The van der Waals surface area contributed by atoms with Gasteiger partial charge in [-0.25, -0.2) is 0 Å². The Morgan fingerprint density at radius 1 is 1.47 bits per heavy atom. The molecule has 0 aliphatic heterocycles. The third kappa shape index (κ3) is 5.55. The molecule has 1 aromatic heterocycles. The molecule has 3 nitrogen and oxygen atoms in total. The first kappa shape index (κ1) is 14.5. The summed E-state index contributed by atoms with van der Waals surface area (Å²) in [6, 6.07) is 2.07. The standard InChI is InChI=1S/C13H24ClN3/c1-3-4-12(5-8-14)11-15-9-6-13-7-10-16-17(13)2/h7,10,12,15H,3-6,8-9,11H2,1-2H3. The molecular weight excluding hydrogens is 234 g/mol. The smallest absolute Gasteiger partial charge is 0.0492 e. The molecule has 0 saturated heterocycles. The van der Waals surface area contributed by atoms with Gasteiger partial charge in [0.1, 0.15) is 0 Å². The minimum atomic E-state index is 0.726. The summed E-state index contributed by atoms with van der Waals surface area (Å²) in [6.45, 7) is 4.33. The Balaban J connectivity index is 2.15. The molecule has 1 rings (SSSR count). The average molecular weight is 258 g/mol. The van der Waals surface area contributed by atoms with E-state index in [4.69, 9.17) is 11.6 Å². The Hall–Kier alpha value is -0.540. The number of aromatic nitrogens is 2. The van der Waals surface area contributed by atoms with Gasteiger partial charge in [-0.05, 0) is 31.4 Å². The van der Waals surface area contributed by atoms with Crippen molar-refractivity contribution in [3.8, 4) is 0 Å². The predicted molar refractivity (Wildman–Crippen MR) is 73.5 cm³/mol. The van der Waals surface area contributed by atoms with Gasteiger partial charge in [0.25, 0.3) is 0 Å². The number of halogens is 1. The third-order valence-corrected chi connectivity index (χ3v) is 3.35. The molecule has 0 bridgehead atoms. The summed E-state index contributed by atoms with van der Waals surface area (Å²) in [7, 11) is 1.99. The predicted octanol–water partition coefficient (Wildman–Crippen LogP) is 2.60. The Bertz CT molecular complexity index is 293. The van der Waals surface area contributed by atoms with Gasteiger partial charge in [-0.15, -0.1) is 11.6 Å². The van der Waals surface area contributed by atoms with Gasteiger partial charge in [0.2, 0.25) is 0 Å². The normalized spacial score (nSPS) is 12.9. The van der Waals surface area contributed by atoms with Gasteiger partial charge in [0, 0.05) is 37.8 Å². The SMILES string of the molecule is CCCC(CCCl)CNCCc1ccnn1C. The van der Waals surface area contributed by atoms with Crippen molar-refractivity contribution in [1.29, 1.82) is 0 Å². The molecular formula is C13H24ClN3. The molecule has 1 heterocycles. The summed E-state index contributed by atoms with van der Waals surface area (Å²) < 4.78 is 1.93. The van der Waals surface area contributed by atoms with E-state index >= 15 is 0 Å². The van der Waals surface area contributed by atoms with Gasteiger partial charge in [-0.2, -0.15) is 5.10 Å². The Morgan fingerprint density at radius 3 is 2.88 bits per heavy atom. The number of aryl methyl sites for hydroxylation is 1. The maximum absolute atomic E-state index is 5.81. The van der Waals surface area contributed by atoms with Crippen molar-refractivity contribution < 1.29 is 0 Å². The van der Waals surface area contributed by atoms with Gasteiger partial charge < -0.3 is 5.32 Å². The molecule has 1 atom stereocenters. The van der Waals surface area contributed by atoms with Crippen LogP contribution in [0.1, 0.15) is 31.9 Å². The highest BCUT2D eigenvalue weighted by Crippen LogP contribution is 2.10. The van der Waals surface area contributed by atoms with Crippen LogP contribution in [0.15, 0.2) is 12.3 Å². The van der Waals surface area contributed by atoms with Crippen LogP contribution in [0.2, 0.25) is 0 Å². The van der Waals surface area contributed by atoms with Crippen LogP contribution < -0.4 is 5.32 Å². The molecule has 1 N–H and O–H groups in total. The lowest BCUT2D eigenvalue weighted by atomic mass is 10.0. The topological polar surface area (TPSA) is 29.9 Å². The zero-order chi connectivity index (χ0) is 12.5. The lowest BCUT2D eigenvalue weighted by molar-refractivity contribution is 0.431. The minimum Gasteiger partial charge on any atom is -0.316 e. The molecule has 0 aliphatic carbocycles. The lowest BCUT2D eigenvalue weighted by Gasteiger charge is -2.15. The summed E-state index contributed by atoms with van der Waals surface area (Å²) in [4.78, 5) is 0. The maximum atomic E-state index is 5.81. The van der Waals surface area contributed by atoms with Gasteiger partial charge >= 0.3 is 0 Å². The van der Waals surface area contributed by atoms with Crippen LogP contribution in [0.25, 0.3) is 0 Å². The van der Waals surface area contributed by atoms with Crippen LogP contribution in [-0.2, 0) is 13.5 Å². The fourth-order valence-electron chi connectivity index (χ4n) is 2.08. The first-order chi connectivity index (χ1) is 8.27. The van der Waals surface area contributed by atoms with Crippen molar-refractivity contribution in [1.82, 2.24) is 15.1 Å². The van der Waals surface area contributed by atoms with Gasteiger partial charge in [-0.1, -0.05) is 13.3 Å². The molecule has 0 radical (unpaired) electrons. The minimum absolute atomic E-state index is 0.726. The second-order valence-corrected chi connectivity index (χ2v) is 4.91. The van der Waals surface area contributed by atoms with Crippen molar-refractivity contribution in [2.45, 2.75) is 32.6 Å². The van der Waals surface area contributed by atoms with Gasteiger partial charge in [-0.3, -0.25) is 4.68 Å². The highest BCUT2D eigenvalue weighted by molar-refractivity contribution is 6.17. The highest BCUT2D eigenvalue weighted by Gasteiger charge is 2.06. The van der Waals surface area contributed by atoms with Crippen LogP contribution in [-0.4, -0.2) is 28.8 Å². The van der Waals surface area contributed by atoms with Crippen molar-refractivity contribution >= 4 is 11.6 Å². The third-order valence-electron chi connectivity index (χ3n) is 3.13. The van der Waals surface area contributed by atoms with E-state index in [0.29, 0.717) is 0 Å². The van der Waals surface area contributed by atoms with E-state index in [0.717, 1.165) is 37.7 Å². The Labute approximate surface area is 110 Å². The molecule has 4 heteroatoms. The number of nitrogens with zero attached hydrogens (tertiary/aromatic N) is 2. The molecule has 1 aromatic rings. The molecule has 17 heavy (non-hydrogen) atoms. The summed E-state index contributed by atoms with van der Waals surface area (Å²) in [6.07, 6.45) is 6.52. The molecule has 0 aliphatic rings. The molecule has 0 aromatic carbocycles. The Kier molecular flexibility index (Phi) is 7.29. The number of nitrogens with one attached hydrogen (secondary N) is 1. The monoisotopic (exact) mass is 257 g/mol. The van der Waals surface area contributed by atoms with Crippen LogP contribution in [0.5, 0.6) is 0 Å². The fraction of sp³-hybridized carbons (Fsp3) is 0.769. The summed E-state index contributed by atoms with van der Waals surface area (Å²) in [5.74, 6) is 1.50. The summed E-state index contributed by atoms with van der Waals surface area (Å²) in [5, 5.41) is 7.68. The van der Waals surface area contributed by atoms with Crippen molar-refractivity contribution in [3.05, 3.63) is 18.0 Å². The average Bonchev–Trinajstić information content (AvgIpc) is 2.71. The summed E-state index contributed by atoms with van der Waals surface area (Å²) in [5.41, 5.74) is 1.28. The van der Waals surface area contributed by atoms with Crippen LogP contribution in [0.3, 0.4) is 0 Å². The van der Waals surface area contributed by atoms with Crippen LogP contribution in [0.4, 0.5) is 0 Å². The van der Waals surface area contributed by atoms with Gasteiger partial charge in [0.15, 0.2) is 0 Å². The van der Waals surface area contributed by atoms with E-state index < -0.39 is 0 Å². The highest BCUT2D eigenvalue weighted by atomic mass is 35.5. The lowest BCUT2D eigenvalue weighted by Crippen LogP contribution is -2.25. The second kappa shape index (κ2) is 8.54. The fourth-order valence-corrected chi connectivity index (χ4v) is 2.39. The van der Waals surface area contributed by atoms with E-state index in [2.05, 4.69) is 23.4 Å². The number of hydrogen-bond acceptors (Lipinski definition) is 2. The molecule has 0 fully saturated rings. The van der Waals surface area contributed by atoms with E-state index in [1.807, 2.05) is 17.9 Å². The molecule has 0 saturated carbocycles. The van der Waals surface area contributed by atoms with E-state index in [-0.39, 0.29) is 0 Å². The summed E-state index contributed by atoms with van der Waals surface area (Å²) >= 11 is 5.81. The maximum Gasteiger partial charge on any atom is 0.0492 e. The van der Waals surface area contributed by atoms with E-state index in [1.54, 1.807) is 0 Å². The van der Waals surface area contributed by atoms with E-state index in [1.165, 1.54) is 18.5 Å². The first-order valence-electron chi connectivity index (χ1n) is 6.51. The van der Waals surface area contributed by atoms with Crippen molar-refractivity contribution in [2.75, 3.05) is 19.0 Å². The molecule has 1 unspecified atom stereocenters. The van der Waals surface area contributed by atoms with Crippen LogP contribution in [0, 0.1) is 5.92 Å². The zero-order valence-electron chi connectivity index (χ0n) is 11.0. The van der Waals surface area contributed by atoms with Crippen LogP contribution >= 0.6 is 11.6 Å². The van der Waals surface area contributed by atoms with Crippen molar-refractivity contribution in [3.63, 3.8) is 0 Å². The number of rotatable bonds is 9. The molecule has 0 spiro atoms. The zero-order valence-corrected chi connectivity index (χ0v) is 11.7. The first-order valence-corrected chi connectivity index (χ1v) is 7.05. The van der Waals surface area contributed by atoms with E-state index in [9.17, 15) is 0 Å². The molecule has 98 valence electrons. The van der Waals surface area contributed by atoms with Crippen molar-refractivity contribution in [2.24, 2.45) is 13.0 Å². The second-order valence-electron chi connectivity index (χ2n) is 4.53. The Morgan fingerprint density at radius 2 is 2.29 bits per heavy atom. The van der Waals surface area contributed by atoms with Gasteiger partial charge in [0.05, 0.1) is 0 Å². The quantitative estimate of drug-likeness (QED) is 0.544. The molecule has 0 amide bonds. The number of alkyl halides is 1.